The molecule has 9 heteroatoms. The van der Waals surface area contributed by atoms with Gasteiger partial charge in [0.05, 0.1) is 19.3 Å². The summed E-state index contributed by atoms with van der Waals surface area (Å²) in [5, 5.41) is 4.01. The van der Waals surface area contributed by atoms with Crippen molar-refractivity contribution in [3.8, 4) is 11.4 Å². The lowest BCUT2D eigenvalue weighted by atomic mass is 10.1. The van der Waals surface area contributed by atoms with Crippen LogP contribution in [-0.2, 0) is 4.74 Å². The Kier molecular flexibility index (Phi) is 5.77. The summed E-state index contributed by atoms with van der Waals surface area (Å²) in [6, 6.07) is 4.92. The lowest BCUT2D eigenvalue weighted by molar-refractivity contribution is 0.0339. The van der Waals surface area contributed by atoms with E-state index < -0.39 is 0 Å². The molecule has 2 aliphatic rings. The fourth-order valence-corrected chi connectivity index (χ4v) is 3.67. The van der Waals surface area contributed by atoms with Crippen molar-refractivity contribution in [3.05, 3.63) is 35.5 Å². The second kappa shape index (κ2) is 8.46. The lowest BCUT2D eigenvalue weighted by Gasteiger charge is -2.39. The first kappa shape index (κ1) is 19.8. The van der Waals surface area contributed by atoms with E-state index in [0.717, 1.165) is 13.1 Å². The van der Waals surface area contributed by atoms with Gasteiger partial charge in [-0.15, -0.1) is 0 Å². The molecule has 0 N–H and O–H groups in total. The summed E-state index contributed by atoms with van der Waals surface area (Å²) in [6.07, 6.45) is 0. The van der Waals surface area contributed by atoms with Crippen LogP contribution in [0.1, 0.15) is 24.4 Å². The maximum atomic E-state index is 13.8. The third-order valence-electron chi connectivity index (χ3n) is 5.64. The number of hydrogen-bond acceptors (Lipinski definition) is 6. The van der Waals surface area contributed by atoms with E-state index in [1.165, 1.54) is 6.07 Å². The van der Waals surface area contributed by atoms with E-state index in [1.54, 1.807) is 19.1 Å². The quantitative estimate of drug-likeness (QED) is 0.783. The standard InChI is InChI=1S/C20H26FN5O3/c1-14-3-4-16(13-17(14)21)18-22-19(29-23-18)15(2)24-5-7-25(8-6-24)20(27)26-9-11-28-12-10-26/h3-4,13,15H,5-12H2,1-2H3/t15-/m1/s1. The van der Waals surface area contributed by atoms with E-state index in [9.17, 15) is 9.18 Å². The third kappa shape index (κ3) is 4.25. The molecule has 1 aromatic carbocycles. The number of aromatic nitrogens is 2. The monoisotopic (exact) mass is 403 g/mol. The Morgan fingerprint density at radius 1 is 1.10 bits per heavy atom. The summed E-state index contributed by atoms with van der Waals surface area (Å²) in [4.78, 5) is 23.0. The molecule has 0 aliphatic carbocycles. The van der Waals surface area contributed by atoms with Gasteiger partial charge in [0, 0.05) is 44.8 Å². The number of rotatable bonds is 3. The minimum atomic E-state index is -0.289. The number of piperazine rings is 1. The second-order valence-corrected chi connectivity index (χ2v) is 7.50. The number of nitrogens with zero attached hydrogens (tertiary/aromatic N) is 5. The van der Waals surface area contributed by atoms with Crippen LogP contribution >= 0.6 is 0 Å². The zero-order chi connectivity index (χ0) is 20.4. The molecule has 8 nitrogen and oxygen atoms in total. The number of morpholine rings is 1. The normalized spacial score (nSPS) is 19.4. The SMILES string of the molecule is Cc1ccc(-c2noc([C@@H](C)N3CCN(C(=O)N4CCOCC4)CC3)n2)cc1F. The van der Waals surface area contributed by atoms with Crippen LogP contribution < -0.4 is 0 Å². The maximum Gasteiger partial charge on any atom is 0.320 e. The van der Waals surface area contributed by atoms with Crippen molar-refractivity contribution in [2.24, 2.45) is 0 Å². The molecule has 0 bridgehead atoms. The van der Waals surface area contributed by atoms with Crippen LogP contribution in [0.25, 0.3) is 11.4 Å². The number of benzene rings is 1. The third-order valence-corrected chi connectivity index (χ3v) is 5.64. The summed E-state index contributed by atoms with van der Waals surface area (Å²) < 4.78 is 24.6. The molecule has 0 spiro atoms. The summed E-state index contributed by atoms with van der Waals surface area (Å²) in [6.45, 7) is 9.01. The van der Waals surface area contributed by atoms with Crippen LogP contribution in [0.3, 0.4) is 0 Å². The molecule has 4 rings (SSSR count). The zero-order valence-electron chi connectivity index (χ0n) is 16.8. The lowest BCUT2D eigenvalue weighted by Crippen LogP contribution is -2.55. The summed E-state index contributed by atoms with van der Waals surface area (Å²) >= 11 is 0. The first-order valence-corrected chi connectivity index (χ1v) is 9.98. The molecule has 3 heterocycles. The van der Waals surface area contributed by atoms with Gasteiger partial charge < -0.3 is 19.1 Å². The Morgan fingerprint density at radius 2 is 1.79 bits per heavy atom. The van der Waals surface area contributed by atoms with Crippen LogP contribution in [0, 0.1) is 12.7 Å². The smallest absolute Gasteiger partial charge is 0.320 e. The topological polar surface area (TPSA) is 74.9 Å². The molecule has 29 heavy (non-hydrogen) atoms. The van der Waals surface area contributed by atoms with Crippen molar-refractivity contribution in [2.45, 2.75) is 19.9 Å². The highest BCUT2D eigenvalue weighted by Gasteiger charge is 2.30. The Labute approximate surface area is 169 Å². The van der Waals surface area contributed by atoms with Gasteiger partial charge >= 0.3 is 6.03 Å². The number of urea groups is 1. The van der Waals surface area contributed by atoms with Gasteiger partial charge in [-0.3, -0.25) is 4.90 Å². The van der Waals surface area contributed by atoms with Crippen molar-refractivity contribution in [2.75, 3.05) is 52.5 Å². The predicted molar refractivity (Wildman–Crippen MR) is 104 cm³/mol. The van der Waals surface area contributed by atoms with Gasteiger partial charge in [0.25, 0.3) is 0 Å². The zero-order valence-corrected chi connectivity index (χ0v) is 16.8. The van der Waals surface area contributed by atoms with Gasteiger partial charge in [0.15, 0.2) is 0 Å². The number of amides is 2. The van der Waals surface area contributed by atoms with Gasteiger partial charge in [-0.2, -0.15) is 4.98 Å². The Balaban J connectivity index is 1.36. The van der Waals surface area contributed by atoms with Crippen molar-refractivity contribution >= 4 is 6.03 Å². The number of carbonyl (C=O) groups excluding carboxylic acids is 1. The Bertz CT molecular complexity index is 860. The van der Waals surface area contributed by atoms with E-state index >= 15 is 0 Å². The van der Waals surface area contributed by atoms with Crippen molar-refractivity contribution in [3.63, 3.8) is 0 Å². The molecule has 156 valence electrons. The van der Waals surface area contributed by atoms with Crippen LogP contribution in [-0.4, -0.2) is 83.4 Å². The van der Waals surface area contributed by atoms with Gasteiger partial charge in [0.1, 0.15) is 5.82 Å². The van der Waals surface area contributed by atoms with E-state index in [-0.39, 0.29) is 17.9 Å². The van der Waals surface area contributed by atoms with Crippen LogP contribution in [0.15, 0.2) is 22.7 Å². The Morgan fingerprint density at radius 3 is 2.48 bits per heavy atom. The van der Waals surface area contributed by atoms with E-state index in [2.05, 4.69) is 15.0 Å². The molecule has 1 atom stereocenters. The van der Waals surface area contributed by atoms with E-state index in [0.29, 0.717) is 62.2 Å². The highest BCUT2D eigenvalue weighted by molar-refractivity contribution is 5.74. The van der Waals surface area contributed by atoms with Crippen molar-refractivity contribution in [1.82, 2.24) is 24.8 Å². The molecular weight excluding hydrogens is 377 g/mol. The van der Waals surface area contributed by atoms with Gasteiger partial charge in [-0.1, -0.05) is 17.3 Å². The minimum absolute atomic E-state index is 0.0767. The number of halogens is 1. The average molecular weight is 403 g/mol. The number of ether oxygens (including phenoxy) is 1. The van der Waals surface area contributed by atoms with Crippen LogP contribution in [0.2, 0.25) is 0 Å². The largest absolute Gasteiger partial charge is 0.378 e. The number of carbonyl (C=O) groups is 1. The number of hydrogen-bond donors (Lipinski definition) is 0. The molecule has 0 saturated carbocycles. The first-order valence-electron chi connectivity index (χ1n) is 9.98. The Hall–Kier alpha value is -2.52. The van der Waals surface area contributed by atoms with E-state index in [1.807, 2.05) is 16.7 Å². The molecular formula is C20H26FN5O3. The molecule has 2 fully saturated rings. The minimum Gasteiger partial charge on any atom is -0.378 e. The molecule has 2 aliphatic heterocycles. The molecule has 1 aromatic heterocycles. The number of aryl methyl sites for hydroxylation is 1. The molecule has 2 amide bonds. The predicted octanol–water partition coefficient (Wildman–Crippen LogP) is 2.31. The van der Waals surface area contributed by atoms with Gasteiger partial charge in [-0.25, -0.2) is 9.18 Å². The summed E-state index contributed by atoms with van der Waals surface area (Å²) in [5.74, 6) is 0.587. The fourth-order valence-electron chi connectivity index (χ4n) is 3.67. The first-order chi connectivity index (χ1) is 14.0. The average Bonchev–Trinajstić information content (AvgIpc) is 3.25. The van der Waals surface area contributed by atoms with Crippen molar-refractivity contribution in [1.29, 1.82) is 0 Å². The van der Waals surface area contributed by atoms with Crippen molar-refractivity contribution < 1.29 is 18.4 Å². The molecule has 2 saturated heterocycles. The molecule has 2 aromatic rings. The summed E-state index contributed by atoms with van der Waals surface area (Å²) in [7, 11) is 0. The van der Waals surface area contributed by atoms with Gasteiger partial charge in [0.2, 0.25) is 11.7 Å². The van der Waals surface area contributed by atoms with Gasteiger partial charge in [-0.05, 0) is 25.5 Å². The molecule has 0 radical (unpaired) electrons. The van der Waals surface area contributed by atoms with Crippen LogP contribution in [0.5, 0.6) is 0 Å². The second-order valence-electron chi connectivity index (χ2n) is 7.50. The highest BCUT2D eigenvalue weighted by atomic mass is 19.1. The van der Waals surface area contributed by atoms with E-state index in [4.69, 9.17) is 9.26 Å². The van der Waals surface area contributed by atoms with Crippen LogP contribution in [0.4, 0.5) is 9.18 Å². The maximum absolute atomic E-state index is 13.8. The summed E-state index contributed by atoms with van der Waals surface area (Å²) in [5.41, 5.74) is 1.17. The molecule has 0 unspecified atom stereocenters. The fraction of sp³-hybridized carbons (Fsp3) is 0.550. The highest BCUT2D eigenvalue weighted by Crippen LogP contribution is 2.24.